The Bertz CT molecular complexity index is 770. The van der Waals surface area contributed by atoms with E-state index in [0.717, 1.165) is 21.2 Å². The van der Waals surface area contributed by atoms with Crippen LogP contribution in [-0.2, 0) is 0 Å². The molecule has 3 nitrogen and oxygen atoms in total. The number of nitrogens with zero attached hydrogens (tertiary/aromatic N) is 2. The van der Waals surface area contributed by atoms with E-state index in [4.69, 9.17) is 16.1 Å². The molecule has 0 N–H and O–H groups in total. The van der Waals surface area contributed by atoms with E-state index in [2.05, 4.69) is 26.1 Å². The van der Waals surface area contributed by atoms with Crippen molar-refractivity contribution in [2.75, 3.05) is 0 Å². The Morgan fingerprint density at radius 2 is 2.00 bits per heavy atom. The maximum atomic E-state index is 6.21. The molecule has 1 heterocycles. The Morgan fingerprint density at radius 3 is 2.75 bits per heavy atom. The molecule has 0 amide bonds. The van der Waals surface area contributed by atoms with Crippen LogP contribution in [0.5, 0.6) is 0 Å². The Hall–Kier alpha value is -1.65. The smallest absolute Gasteiger partial charge is 0.259 e. The topological polar surface area (TPSA) is 38.9 Å². The minimum Gasteiger partial charge on any atom is -0.334 e. The molecule has 0 aliphatic heterocycles. The van der Waals surface area contributed by atoms with Crippen LogP contribution < -0.4 is 0 Å². The van der Waals surface area contributed by atoms with E-state index in [1.165, 1.54) is 0 Å². The molecule has 20 heavy (non-hydrogen) atoms. The average molecular weight is 350 g/mol. The van der Waals surface area contributed by atoms with Crippen molar-refractivity contribution in [2.45, 2.75) is 6.92 Å². The van der Waals surface area contributed by atoms with Crippen molar-refractivity contribution in [3.63, 3.8) is 0 Å². The van der Waals surface area contributed by atoms with Crippen molar-refractivity contribution < 1.29 is 4.52 Å². The number of hydrogen-bond acceptors (Lipinski definition) is 3. The molecule has 5 heteroatoms. The molecule has 0 aliphatic carbocycles. The zero-order valence-electron chi connectivity index (χ0n) is 10.6. The Labute approximate surface area is 129 Å². The molecule has 3 aromatic rings. The van der Waals surface area contributed by atoms with Gasteiger partial charge in [-0.1, -0.05) is 50.9 Å². The van der Waals surface area contributed by atoms with Gasteiger partial charge in [-0.3, -0.25) is 0 Å². The lowest BCUT2D eigenvalue weighted by atomic mass is 10.1. The lowest BCUT2D eigenvalue weighted by Gasteiger charge is -1.99. The molecule has 0 radical (unpaired) electrons. The summed E-state index contributed by atoms with van der Waals surface area (Å²) in [7, 11) is 0. The number of halogens is 2. The fourth-order valence-electron chi connectivity index (χ4n) is 1.87. The summed E-state index contributed by atoms with van der Waals surface area (Å²) in [4.78, 5) is 4.40. The Balaban J connectivity index is 2.02. The van der Waals surface area contributed by atoms with Crippen molar-refractivity contribution in [1.29, 1.82) is 0 Å². The second kappa shape index (κ2) is 5.38. The monoisotopic (exact) mass is 348 g/mol. The number of hydrogen-bond donors (Lipinski definition) is 0. The second-order valence-electron chi connectivity index (χ2n) is 4.42. The van der Waals surface area contributed by atoms with E-state index in [-0.39, 0.29) is 0 Å². The van der Waals surface area contributed by atoms with Crippen molar-refractivity contribution >= 4 is 27.5 Å². The van der Waals surface area contributed by atoms with Gasteiger partial charge in [-0.25, -0.2) is 0 Å². The van der Waals surface area contributed by atoms with Gasteiger partial charge in [-0.05, 0) is 36.8 Å². The summed E-state index contributed by atoms with van der Waals surface area (Å²) in [5.41, 5.74) is 2.72. The van der Waals surface area contributed by atoms with Crippen LogP contribution in [-0.4, -0.2) is 10.1 Å². The first kappa shape index (κ1) is 13.3. The number of aryl methyl sites for hydroxylation is 1. The highest BCUT2D eigenvalue weighted by molar-refractivity contribution is 9.10. The van der Waals surface area contributed by atoms with Crippen molar-refractivity contribution in [1.82, 2.24) is 10.1 Å². The van der Waals surface area contributed by atoms with Crippen molar-refractivity contribution in [2.24, 2.45) is 0 Å². The van der Waals surface area contributed by atoms with Crippen LogP contribution in [0.1, 0.15) is 5.56 Å². The summed E-state index contributed by atoms with van der Waals surface area (Å²) in [6, 6.07) is 13.5. The van der Waals surface area contributed by atoms with Crippen LogP contribution >= 0.6 is 27.5 Å². The first-order valence-electron chi connectivity index (χ1n) is 5.99. The normalized spacial score (nSPS) is 10.8. The molecule has 0 atom stereocenters. The van der Waals surface area contributed by atoms with E-state index in [9.17, 15) is 0 Å². The summed E-state index contributed by atoms with van der Waals surface area (Å²) in [5, 5.41) is 4.61. The molecule has 0 saturated heterocycles. The van der Waals surface area contributed by atoms with Crippen LogP contribution in [0.15, 0.2) is 51.5 Å². The quantitative estimate of drug-likeness (QED) is 0.644. The second-order valence-corrected chi connectivity index (χ2v) is 5.74. The highest BCUT2D eigenvalue weighted by Crippen LogP contribution is 2.29. The predicted octanol–water partition coefficient (Wildman–Crippen LogP) is 5.13. The Kier molecular flexibility index (Phi) is 3.59. The maximum Gasteiger partial charge on any atom is 0.259 e. The minimum atomic E-state index is 0.421. The fraction of sp³-hybridized carbons (Fsp3) is 0.0667. The van der Waals surface area contributed by atoms with Crippen LogP contribution in [0.4, 0.5) is 0 Å². The molecule has 100 valence electrons. The van der Waals surface area contributed by atoms with Crippen molar-refractivity contribution in [3.8, 4) is 22.8 Å². The zero-order chi connectivity index (χ0) is 14.1. The first-order valence-corrected chi connectivity index (χ1v) is 7.17. The number of aromatic nitrogens is 2. The molecular weight excluding hydrogens is 340 g/mol. The van der Waals surface area contributed by atoms with E-state index >= 15 is 0 Å². The summed E-state index contributed by atoms with van der Waals surface area (Å²) < 4.78 is 6.27. The third-order valence-electron chi connectivity index (χ3n) is 2.86. The van der Waals surface area contributed by atoms with Crippen LogP contribution in [0.2, 0.25) is 5.02 Å². The Morgan fingerprint density at radius 1 is 1.15 bits per heavy atom. The van der Waals surface area contributed by atoms with Crippen LogP contribution in [0.25, 0.3) is 22.8 Å². The summed E-state index contributed by atoms with van der Waals surface area (Å²) in [6.45, 7) is 1.98. The van der Waals surface area contributed by atoms with Crippen molar-refractivity contribution in [3.05, 3.63) is 57.5 Å². The maximum absolute atomic E-state index is 6.21. The van der Waals surface area contributed by atoms with Gasteiger partial charge in [0.2, 0.25) is 5.82 Å². The molecule has 0 saturated carbocycles. The zero-order valence-corrected chi connectivity index (χ0v) is 12.9. The molecule has 0 unspecified atom stereocenters. The highest BCUT2D eigenvalue weighted by Gasteiger charge is 2.13. The number of benzene rings is 2. The summed E-state index contributed by atoms with van der Waals surface area (Å²) in [6.07, 6.45) is 0. The molecule has 0 fully saturated rings. The third kappa shape index (κ3) is 2.62. The third-order valence-corrected chi connectivity index (χ3v) is 3.67. The van der Waals surface area contributed by atoms with Gasteiger partial charge in [-0.2, -0.15) is 4.98 Å². The van der Waals surface area contributed by atoms with Crippen LogP contribution in [0.3, 0.4) is 0 Å². The largest absolute Gasteiger partial charge is 0.334 e. The van der Waals surface area contributed by atoms with E-state index in [1.807, 2.05) is 49.4 Å². The molecular formula is C15H10BrClN2O. The highest BCUT2D eigenvalue weighted by atomic mass is 79.9. The molecule has 1 aromatic heterocycles. The average Bonchev–Trinajstić information content (AvgIpc) is 2.88. The predicted molar refractivity (Wildman–Crippen MR) is 82.6 cm³/mol. The molecule has 2 aromatic carbocycles. The van der Waals surface area contributed by atoms with E-state index in [1.54, 1.807) is 0 Å². The van der Waals surface area contributed by atoms with Gasteiger partial charge in [0.1, 0.15) is 0 Å². The van der Waals surface area contributed by atoms with E-state index in [0.29, 0.717) is 16.7 Å². The van der Waals surface area contributed by atoms with E-state index < -0.39 is 0 Å². The van der Waals surface area contributed by atoms with Crippen LogP contribution in [0, 0.1) is 6.92 Å². The van der Waals surface area contributed by atoms with Gasteiger partial charge in [0.25, 0.3) is 5.89 Å². The first-order chi connectivity index (χ1) is 9.63. The lowest BCUT2D eigenvalue weighted by Crippen LogP contribution is -1.83. The minimum absolute atomic E-state index is 0.421. The molecule has 0 bridgehead atoms. The summed E-state index contributed by atoms with van der Waals surface area (Å²) >= 11 is 9.63. The fourth-order valence-corrected chi connectivity index (χ4v) is 2.59. The number of rotatable bonds is 2. The summed E-state index contributed by atoms with van der Waals surface area (Å²) in [5.74, 6) is 0.961. The molecule has 0 spiro atoms. The lowest BCUT2D eigenvalue weighted by molar-refractivity contribution is 0.432. The molecule has 0 aliphatic rings. The SMILES string of the molecule is Cc1ccc(-c2nc(-c3cccc(Br)c3)no2)c(Cl)c1. The van der Waals surface area contributed by atoms with Gasteiger partial charge in [0.15, 0.2) is 0 Å². The standard InChI is InChI=1S/C15H10BrClN2O/c1-9-5-6-12(13(17)7-9)15-18-14(19-20-15)10-3-2-4-11(16)8-10/h2-8H,1H3. The molecule has 3 rings (SSSR count). The van der Waals surface area contributed by atoms with Gasteiger partial charge >= 0.3 is 0 Å². The van der Waals surface area contributed by atoms with Gasteiger partial charge in [-0.15, -0.1) is 0 Å². The van der Waals surface area contributed by atoms with Gasteiger partial charge in [0.05, 0.1) is 10.6 Å². The van der Waals surface area contributed by atoms with Gasteiger partial charge < -0.3 is 4.52 Å². The van der Waals surface area contributed by atoms with Gasteiger partial charge in [0, 0.05) is 10.0 Å².